The van der Waals surface area contributed by atoms with Gasteiger partial charge in [-0.3, -0.25) is 4.79 Å². The molecule has 0 aliphatic heterocycles. The number of hydrogen-bond acceptors (Lipinski definition) is 1. The van der Waals surface area contributed by atoms with Crippen LogP contribution in [0.15, 0.2) is 22.7 Å². The van der Waals surface area contributed by atoms with Crippen LogP contribution in [0, 0.1) is 9.49 Å². The number of hydrogen-bond donors (Lipinski definition) is 1. The second-order valence-corrected chi connectivity index (χ2v) is 7.30. The van der Waals surface area contributed by atoms with Crippen molar-refractivity contribution < 1.29 is 18.0 Å². The molecule has 2 nitrogen and oxygen atoms in total. The van der Waals surface area contributed by atoms with E-state index in [0.717, 1.165) is 3.57 Å². The fourth-order valence-electron chi connectivity index (χ4n) is 2.55. The van der Waals surface area contributed by atoms with Crippen molar-refractivity contribution in [3.63, 3.8) is 0 Å². The summed E-state index contributed by atoms with van der Waals surface area (Å²) < 4.78 is 39.9. The molecule has 0 saturated heterocycles. The Kier molecular flexibility index (Phi) is 5.56. The predicted molar refractivity (Wildman–Crippen MR) is 86.1 cm³/mol. The highest BCUT2D eigenvalue weighted by molar-refractivity contribution is 14.1. The van der Waals surface area contributed by atoms with E-state index in [-0.39, 0.29) is 18.7 Å². The van der Waals surface area contributed by atoms with Gasteiger partial charge >= 0.3 is 6.18 Å². The van der Waals surface area contributed by atoms with Gasteiger partial charge in [-0.15, -0.1) is 0 Å². The third kappa shape index (κ3) is 4.58. The summed E-state index contributed by atoms with van der Waals surface area (Å²) >= 11 is 5.39. The van der Waals surface area contributed by atoms with Gasteiger partial charge in [0.2, 0.25) is 0 Å². The van der Waals surface area contributed by atoms with Crippen LogP contribution in [-0.4, -0.2) is 18.1 Å². The van der Waals surface area contributed by atoms with Crippen molar-refractivity contribution in [1.82, 2.24) is 5.32 Å². The van der Waals surface area contributed by atoms with Gasteiger partial charge in [0.1, 0.15) is 0 Å². The Morgan fingerprint density at radius 1 is 1.33 bits per heavy atom. The summed E-state index contributed by atoms with van der Waals surface area (Å²) in [6.45, 7) is 0. The Hall–Kier alpha value is -0.310. The molecule has 1 saturated carbocycles. The average molecular weight is 476 g/mol. The first kappa shape index (κ1) is 17.1. The topological polar surface area (TPSA) is 29.1 Å². The second-order valence-electron chi connectivity index (χ2n) is 5.20. The molecular formula is C14H14BrF3INO. The Labute approximate surface area is 143 Å². The fraction of sp³-hybridized carbons (Fsp3) is 0.500. The number of benzene rings is 1. The Balaban J connectivity index is 2.04. The van der Waals surface area contributed by atoms with Crippen LogP contribution in [0.3, 0.4) is 0 Å². The lowest BCUT2D eigenvalue weighted by atomic mass is 9.85. The van der Waals surface area contributed by atoms with Crippen molar-refractivity contribution in [3.8, 4) is 0 Å². The lowest BCUT2D eigenvalue weighted by Gasteiger charge is -2.31. The number of carbonyl (C=O) groups is 1. The summed E-state index contributed by atoms with van der Waals surface area (Å²) in [5.74, 6) is -1.64. The smallest absolute Gasteiger partial charge is 0.349 e. The summed E-state index contributed by atoms with van der Waals surface area (Å²) in [6.07, 6.45) is -2.96. The van der Waals surface area contributed by atoms with Crippen molar-refractivity contribution in [3.05, 3.63) is 31.8 Å². The molecule has 0 heterocycles. The van der Waals surface area contributed by atoms with Gasteiger partial charge in [0.15, 0.2) is 0 Å². The highest BCUT2D eigenvalue weighted by Crippen LogP contribution is 2.37. The van der Waals surface area contributed by atoms with Crippen molar-refractivity contribution in [1.29, 1.82) is 0 Å². The minimum atomic E-state index is -4.17. The van der Waals surface area contributed by atoms with Crippen molar-refractivity contribution in [2.45, 2.75) is 37.9 Å². The molecule has 116 valence electrons. The van der Waals surface area contributed by atoms with E-state index in [1.165, 1.54) is 0 Å². The third-order valence-electron chi connectivity index (χ3n) is 3.65. The normalized spacial score (nSPS) is 22.9. The third-order valence-corrected chi connectivity index (χ3v) is 5.01. The molecule has 1 amide bonds. The maximum Gasteiger partial charge on any atom is 0.391 e. The molecule has 0 radical (unpaired) electrons. The zero-order valence-corrected chi connectivity index (χ0v) is 14.8. The van der Waals surface area contributed by atoms with Crippen LogP contribution in [0.25, 0.3) is 0 Å². The quantitative estimate of drug-likeness (QED) is 0.605. The highest BCUT2D eigenvalue weighted by atomic mass is 127. The van der Waals surface area contributed by atoms with E-state index < -0.39 is 18.1 Å². The van der Waals surface area contributed by atoms with E-state index in [0.29, 0.717) is 22.9 Å². The summed E-state index contributed by atoms with van der Waals surface area (Å²) in [5.41, 5.74) is 0.455. The van der Waals surface area contributed by atoms with Crippen LogP contribution in [0.5, 0.6) is 0 Å². The monoisotopic (exact) mass is 475 g/mol. The summed E-state index contributed by atoms with van der Waals surface area (Å²) in [4.78, 5) is 12.2. The number of carbonyl (C=O) groups excluding carboxylic acids is 1. The molecule has 1 N–H and O–H groups in total. The van der Waals surface area contributed by atoms with Gasteiger partial charge in [0.05, 0.1) is 11.5 Å². The second kappa shape index (κ2) is 6.85. The van der Waals surface area contributed by atoms with Gasteiger partial charge < -0.3 is 5.32 Å². The largest absolute Gasteiger partial charge is 0.391 e. The van der Waals surface area contributed by atoms with Crippen molar-refractivity contribution in [2.24, 2.45) is 5.92 Å². The Bertz CT molecular complexity index is 535. The zero-order valence-electron chi connectivity index (χ0n) is 11.0. The number of rotatable bonds is 2. The van der Waals surface area contributed by atoms with E-state index in [9.17, 15) is 18.0 Å². The molecule has 21 heavy (non-hydrogen) atoms. The van der Waals surface area contributed by atoms with E-state index in [1.807, 2.05) is 6.07 Å². The predicted octanol–water partition coefficient (Wildman–Crippen LogP) is 4.90. The molecular weight excluding hydrogens is 462 g/mol. The molecule has 7 heteroatoms. The lowest BCUT2D eigenvalue weighted by Crippen LogP contribution is -2.41. The number of halogens is 5. The molecule has 2 atom stereocenters. The van der Waals surface area contributed by atoms with E-state index >= 15 is 0 Å². The van der Waals surface area contributed by atoms with E-state index in [1.54, 1.807) is 12.1 Å². The van der Waals surface area contributed by atoms with Crippen LogP contribution in [-0.2, 0) is 0 Å². The molecule has 0 aromatic heterocycles. The highest BCUT2D eigenvalue weighted by Gasteiger charge is 2.42. The molecule has 1 aliphatic carbocycles. The van der Waals surface area contributed by atoms with Crippen molar-refractivity contribution in [2.75, 3.05) is 0 Å². The van der Waals surface area contributed by atoms with E-state index in [4.69, 9.17) is 0 Å². The zero-order chi connectivity index (χ0) is 15.6. The summed E-state index contributed by atoms with van der Waals surface area (Å²) in [5, 5.41) is 2.73. The SMILES string of the molecule is O=C(NC1CCCC(C(F)(F)F)C1)c1cc(I)ccc1Br. The van der Waals surface area contributed by atoms with Gasteiger partial charge in [0.25, 0.3) is 5.91 Å². The van der Waals surface area contributed by atoms with Crippen LogP contribution in [0.1, 0.15) is 36.0 Å². The molecule has 0 spiro atoms. The van der Waals surface area contributed by atoms with Gasteiger partial charge in [-0.1, -0.05) is 6.42 Å². The minimum Gasteiger partial charge on any atom is -0.349 e. The molecule has 0 bridgehead atoms. The Morgan fingerprint density at radius 2 is 2.05 bits per heavy atom. The van der Waals surface area contributed by atoms with Crippen molar-refractivity contribution >= 4 is 44.4 Å². The van der Waals surface area contributed by atoms with Crippen LogP contribution >= 0.6 is 38.5 Å². The maximum atomic E-state index is 12.8. The first-order chi connectivity index (χ1) is 9.77. The van der Waals surface area contributed by atoms with Crippen LogP contribution < -0.4 is 5.32 Å². The number of nitrogens with one attached hydrogen (secondary N) is 1. The standard InChI is InChI=1S/C14H14BrF3INO/c15-12-5-4-9(19)7-11(12)13(21)20-10-3-1-2-8(6-10)14(16,17)18/h4-5,7-8,10H,1-3,6H2,(H,20,21). The number of amides is 1. The molecule has 1 aromatic carbocycles. The molecule has 1 aromatic rings. The first-order valence-corrected chi connectivity index (χ1v) is 8.47. The number of alkyl halides is 3. The fourth-order valence-corrected chi connectivity index (χ4v) is 3.47. The first-order valence-electron chi connectivity index (χ1n) is 6.60. The van der Waals surface area contributed by atoms with Gasteiger partial charge in [0, 0.05) is 14.1 Å². The summed E-state index contributed by atoms with van der Waals surface area (Å²) in [7, 11) is 0. The summed E-state index contributed by atoms with van der Waals surface area (Å²) in [6, 6.07) is 4.91. The lowest BCUT2D eigenvalue weighted by molar-refractivity contribution is -0.183. The Morgan fingerprint density at radius 3 is 2.71 bits per heavy atom. The molecule has 1 fully saturated rings. The van der Waals surface area contributed by atoms with Gasteiger partial charge in [-0.05, 0) is 76.0 Å². The van der Waals surface area contributed by atoms with Gasteiger partial charge in [-0.25, -0.2) is 0 Å². The average Bonchev–Trinajstić information content (AvgIpc) is 2.41. The molecule has 1 aliphatic rings. The molecule has 2 rings (SSSR count). The minimum absolute atomic E-state index is 0.0310. The molecule has 2 unspecified atom stereocenters. The maximum absolute atomic E-state index is 12.8. The van der Waals surface area contributed by atoms with Crippen LogP contribution in [0.4, 0.5) is 13.2 Å². The van der Waals surface area contributed by atoms with Crippen LogP contribution in [0.2, 0.25) is 0 Å². The van der Waals surface area contributed by atoms with E-state index in [2.05, 4.69) is 43.8 Å². The van der Waals surface area contributed by atoms with Gasteiger partial charge in [-0.2, -0.15) is 13.2 Å².